The Morgan fingerprint density at radius 1 is 1.16 bits per heavy atom. The molecule has 0 saturated carbocycles. The first kappa shape index (κ1) is 21.8. The van der Waals surface area contributed by atoms with Crippen molar-refractivity contribution in [2.24, 2.45) is 0 Å². The molecule has 32 heavy (non-hydrogen) atoms. The lowest BCUT2D eigenvalue weighted by Gasteiger charge is -2.35. The van der Waals surface area contributed by atoms with Gasteiger partial charge < -0.3 is 14.4 Å². The fraction of sp³-hybridized carbons (Fsp3) is 0.375. The third-order valence-corrected chi connectivity index (χ3v) is 5.77. The molecule has 2 aromatic rings. The van der Waals surface area contributed by atoms with E-state index >= 15 is 0 Å². The first-order chi connectivity index (χ1) is 15.3. The van der Waals surface area contributed by atoms with Gasteiger partial charge in [-0.3, -0.25) is 19.3 Å². The summed E-state index contributed by atoms with van der Waals surface area (Å²) in [6, 6.07) is 8.40. The van der Waals surface area contributed by atoms with Gasteiger partial charge in [-0.05, 0) is 62.6 Å². The Kier molecular flexibility index (Phi) is 6.12. The Hall–Kier alpha value is -3.42. The fourth-order valence-corrected chi connectivity index (χ4v) is 4.03. The summed E-state index contributed by atoms with van der Waals surface area (Å²) >= 11 is 0. The molecule has 1 unspecified atom stereocenters. The number of carbonyl (C=O) groups excluding carboxylic acids is 3. The predicted octanol–water partition coefficient (Wildman–Crippen LogP) is 3.13. The van der Waals surface area contributed by atoms with E-state index in [4.69, 9.17) is 9.47 Å². The van der Waals surface area contributed by atoms with Gasteiger partial charge in [-0.2, -0.15) is 0 Å². The molecule has 1 atom stereocenters. The second-order valence-corrected chi connectivity index (χ2v) is 8.09. The number of nitrogens with zero attached hydrogens (tertiary/aromatic N) is 2. The van der Waals surface area contributed by atoms with Gasteiger partial charge in [0, 0.05) is 18.7 Å². The molecule has 0 bridgehead atoms. The highest BCUT2D eigenvalue weighted by atomic mass is 19.1. The molecule has 0 aliphatic carbocycles. The molecule has 168 valence electrons. The molecule has 1 saturated heterocycles. The lowest BCUT2D eigenvalue weighted by atomic mass is 10.1. The van der Waals surface area contributed by atoms with Crippen molar-refractivity contribution in [3.05, 3.63) is 53.3 Å². The van der Waals surface area contributed by atoms with Crippen molar-refractivity contribution < 1.29 is 28.2 Å². The molecule has 0 radical (unpaired) electrons. The summed E-state index contributed by atoms with van der Waals surface area (Å²) in [5.74, 6) is -0.980. The number of rotatable bonds is 6. The highest BCUT2D eigenvalue weighted by Crippen LogP contribution is 2.35. The zero-order valence-corrected chi connectivity index (χ0v) is 18.1. The van der Waals surface area contributed by atoms with Gasteiger partial charge in [-0.1, -0.05) is 6.07 Å². The lowest BCUT2D eigenvalue weighted by Crippen LogP contribution is -2.52. The molecule has 2 amide bonds. The number of benzene rings is 2. The van der Waals surface area contributed by atoms with Gasteiger partial charge in [-0.25, -0.2) is 4.39 Å². The Morgan fingerprint density at radius 3 is 2.66 bits per heavy atom. The summed E-state index contributed by atoms with van der Waals surface area (Å²) < 4.78 is 24.8. The molecule has 2 heterocycles. The summed E-state index contributed by atoms with van der Waals surface area (Å²) in [5.41, 5.74) is 1.46. The monoisotopic (exact) mass is 440 g/mol. The highest BCUT2D eigenvalue weighted by Gasteiger charge is 2.36. The number of anilines is 1. The van der Waals surface area contributed by atoms with Crippen molar-refractivity contribution in [1.29, 1.82) is 0 Å². The second-order valence-electron chi connectivity index (χ2n) is 8.09. The SMILES string of the molecule is Cc1ccc(F)c(OCC(=O)c2ccc3c(c2)N(C(C)C(=O)N2CCCC2)C(=O)CO3)c1. The molecule has 0 aromatic heterocycles. The minimum absolute atomic E-state index is 0.00118. The smallest absolute Gasteiger partial charge is 0.265 e. The van der Waals surface area contributed by atoms with E-state index in [1.165, 1.54) is 23.1 Å². The average molecular weight is 440 g/mol. The summed E-state index contributed by atoms with van der Waals surface area (Å²) in [5, 5.41) is 0. The first-order valence-corrected chi connectivity index (χ1v) is 10.6. The molecule has 2 aliphatic heterocycles. The first-order valence-electron chi connectivity index (χ1n) is 10.6. The van der Waals surface area contributed by atoms with Crippen LogP contribution in [0.2, 0.25) is 0 Å². The van der Waals surface area contributed by atoms with Gasteiger partial charge in [0.1, 0.15) is 11.8 Å². The fourth-order valence-electron chi connectivity index (χ4n) is 4.03. The summed E-state index contributed by atoms with van der Waals surface area (Å²) in [6.45, 7) is 4.31. The number of ether oxygens (including phenoxy) is 2. The number of ketones is 1. The number of likely N-dealkylation sites (tertiary alicyclic amines) is 1. The molecule has 1 fully saturated rings. The third kappa shape index (κ3) is 4.30. The molecule has 2 aliphatic rings. The van der Waals surface area contributed by atoms with Crippen molar-refractivity contribution >= 4 is 23.3 Å². The zero-order chi connectivity index (χ0) is 22.8. The van der Waals surface area contributed by atoms with Crippen LogP contribution in [0.1, 0.15) is 35.7 Å². The van der Waals surface area contributed by atoms with E-state index in [1.54, 1.807) is 36.9 Å². The van der Waals surface area contributed by atoms with Gasteiger partial charge in [0.25, 0.3) is 5.91 Å². The van der Waals surface area contributed by atoms with Crippen LogP contribution in [-0.2, 0) is 9.59 Å². The van der Waals surface area contributed by atoms with Crippen molar-refractivity contribution in [3.8, 4) is 11.5 Å². The predicted molar refractivity (Wildman–Crippen MR) is 116 cm³/mol. The van der Waals surface area contributed by atoms with Crippen LogP contribution >= 0.6 is 0 Å². The van der Waals surface area contributed by atoms with Crippen LogP contribution in [0.5, 0.6) is 11.5 Å². The molecule has 0 N–H and O–H groups in total. The van der Waals surface area contributed by atoms with Crippen LogP contribution in [0.25, 0.3) is 0 Å². The molecule has 0 spiro atoms. The van der Waals surface area contributed by atoms with E-state index in [0.29, 0.717) is 24.5 Å². The molecular weight excluding hydrogens is 415 g/mol. The van der Waals surface area contributed by atoms with E-state index in [-0.39, 0.29) is 42.1 Å². The van der Waals surface area contributed by atoms with Gasteiger partial charge in [0.05, 0.1) is 5.69 Å². The molecule has 7 nitrogen and oxygen atoms in total. The van der Waals surface area contributed by atoms with Crippen LogP contribution in [0.15, 0.2) is 36.4 Å². The Bertz CT molecular complexity index is 1060. The minimum atomic E-state index is -0.716. The number of carbonyl (C=O) groups is 3. The number of halogens is 1. The molecular formula is C24H25FN2O5. The number of amides is 2. The molecule has 2 aromatic carbocycles. The van der Waals surface area contributed by atoms with E-state index in [1.807, 2.05) is 0 Å². The summed E-state index contributed by atoms with van der Waals surface area (Å²) in [6.07, 6.45) is 1.90. The van der Waals surface area contributed by atoms with Gasteiger partial charge in [-0.15, -0.1) is 0 Å². The Balaban J connectivity index is 1.55. The lowest BCUT2D eigenvalue weighted by molar-refractivity contribution is -0.133. The van der Waals surface area contributed by atoms with Crippen LogP contribution < -0.4 is 14.4 Å². The van der Waals surface area contributed by atoms with Crippen LogP contribution in [0, 0.1) is 12.7 Å². The van der Waals surface area contributed by atoms with Crippen molar-refractivity contribution in [2.45, 2.75) is 32.7 Å². The number of fused-ring (bicyclic) bond motifs is 1. The van der Waals surface area contributed by atoms with Gasteiger partial charge >= 0.3 is 0 Å². The zero-order valence-electron chi connectivity index (χ0n) is 18.1. The Morgan fingerprint density at radius 2 is 1.91 bits per heavy atom. The number of hydrogen-bond acceptors (Lipinski definition) is 5. The normalized spacial score (nSPS) is 16.4. The Labute approximate surface area is 185 Å². The summed E-state index contributed by atoms with van der Waals surface area (Å²) in [4.78, 5) is 41.5. The second kappa shape index (κ2) is 8.98. The average Bonchev–Trinajstić information content (AvgIpc) is 3.33. The number of aryl methyl sites for hydroxylation is 1. The molecule has 8 heteroatoms. The number of hydrogen-bond donors (Lipinski definition) is 0. The molecule has 4 rings (SSSR count). The van der Waals surface area contributed by atoms with Crippen LogP contribution in [-0.4, -0.2) is 54.8 Å². The van der Waals surface area contributed by atoms with Crippen molar-refractivity contribution in [2.75, 3.05) is 31.2 Å². The quantitative estimate of drug-likeness (QED) is 0.645. The third-order valence-electron chi connectivity index (χ3n) is 5.77. The van der Waals surface area contributed by atoms with E-state index in [0.717, 1.165) is 18.4 Å². The van der Waals surface area contributed by atoms with Gasteiger partial charge in [0.2, 0.25) is 5.91 Å². The standard InChI is InChI=1S/C24H25FN2O5/c1-15-5-7-18(25)22(11-15)31-13-20(28)17-6-8-21-19(12-17)27(23(29)14-32-21)16(2)24(30)26-9-3-4-10-26/h5-8,11-12,16H,3-4,9-10,13-14H2,1-2H3. The minimum Gasteiger partial charge on any atom is -0.482 e. The van der Waals surface area contributed by atoms with E-state index < -0.39 is 11.9 Å². The largest absolute Gasteiger partial charge is 0.482 e. The number of Topliss-reactive ketones (excluding diaryl/α,β-unsaturated/α-hetero) is 1. The van der Waals surface area contributed by atoms with E-state index in [9.17, 15) is 18.8 Å². The van der Waals surface area contributed by atoms with Crippen molar-refractivity contribution in [3.63, 3.8) is 0 Å². The highest BCUT2D eigenvalue weighted by molar-refractivity contribution is 6.05. The van der Waals surface area contributed by atoms with E-state index in [2.05, 4.69) is 0 Å². The van der Waals surface area contributed by atoms with Gasteiger partial charge in [0.15, 0.2) is 30.6 Å². The maximum atomic E-state index is 13.9. The van der Waals surface area contributed by atoms with Crippen molar-refractivity contribution in [1.82, 2.24) is 4.90 Å². The van der Waals surface area contributed by atoms with Crippen LogP contribution in [0.3, 0.4) is 0 Å². The maximum absolute atomic E-state index is 13.9. The van der Waals surface area contributed by atoms with Crippen LogP contribution in [0.4, 0.5) is 10.1 Å². The topological polar surface area (TPSA) is 76.2 Å². The maximum Gasteiger partial charge on any atom is 0.265 e. The summed E-state index contributed by atoms with van der Waals surface area (Å²) in [7, 11) is 0.